The Morgan fingerprint density at radius 2 is 1.80 bits per heavy atom. The molecule has 138 valence electrons. The number of benzene rings is 1. The predicted octanol–water partition coefficient (Wildman–Crippen LogP) is 3.50. The number of ether oxygens (including phenoxy) is 4. The number of hydrogen-bond acceptors (Lipinski definition) is 6. The lowest BCUT2D eigenvalue weighted by Crippen LogP contribution is -2.34. The highest BCUT2D eigenvalue weighted by atomic mass is 16.7. The van der Waals surface area contributed by atoms with Crippen molar-refractivity contribution in [1.29, 1.82) is 0 Å². The Morgan fingerprint density at radius 3 is 2.28 bits per heavy atom. The van der Waals surface area contributed by atoms with Crippen molar-refractivity contribution in [3.05, 3.63) is 36.9 Å². The van der Waals surface area contributed by atoms with Crippen molar-refractivity contribution in [1.82, 2.24) is 0 Å². The summed E-state index contributed by atoms with van der Waals surface area (Å²) in [6.07, 6.45) is -0.884. The molecule has 0 saturated carbocycles. The molecule has 0 spiro atoms. The second-order valence-corrected chi connectivity index (χ2v) is 6.22. The third-order valence-corrected chi connectivity index (χ3v) is 2.84. The van der Waals surface area contributed by atoms with Gasteiger partial charge in [0, 0.05) is 18.9 Å². The maximum Gasteiger partial charge on any atom is 0.412 e. The Labute approximate surface area is 147 Å². The number of amides is 1. The first-order valence-electron chi connectivity index (χ1n) is 7.77. The highest BCUT2D eigenvalue weighted by Gasteiger charge is 2.22. The first-order chi connectivity index (χ1) is 11.6. The Bertz CT molecular complexity index is 591. The Kier molecular flexibility index (Phi) is 7.44. The third-order valence-electron chi connectivity index (χ3n) is 2.84. The zero-order valence-electron chi connectivity index (χ0n) is 15.2. The van der Waals surface area contributed by atoms with Gasteiger partial charge in [-0.2, -0.15) is 0 Å². The lowest BCUT2D eigenvalue weighted by Gasteiger charge is -2.23. The highest BCUT2D eigenvalue weighted by molar-refractivity contribution is 5.84. The normalized spacial score (nSPS) is 13.3. The molecule has 0 saturated heterocycles. The molecule has 2 unspecified atom stereocenters. The fraction of sp³-hybridized carbons (Fsp3) is 0.444. The molecule has 25 heavy (non-hydrogen) atoms. The van der Waals surface area contributed by atoms with E-state index in [0.29, 0.717) is 11.4 Å². The van der Waals surface area contributed by atoms with Crippen LogP contribution >= 0.6 is 0 Å². The number of rotatable bonds is 7. The molecule has 7 nitrogen and oxygen atoms in total. The smallest absolute Gasteiger partial charge is 0.412 e. The minimum Gasteiger partial charge on any atom is -0.461 e. The van der Waals surface area contributed by atoms with Crippen molar-refractivity contribution < 1.29 is 28.5 Å². The summed E-state index contributed by atoms with van der Waals surface area (Å²) in [6, 6.07) is 6.63. The zero-order valence-corrected chi connectivity index (χ0v) is 15.2. The standard InChI is InChI=1S/C18H25NO6/c1-7-15(20)23-12(2)16(22-6)24-14-10-8-13(9-11-14)19-17(21)25-18(3,4)5/h7-12,16H,1H2,2-6H3,(H,19,21). The van der Waals surface area contributed by atoms with Crippen LogP contribution in [0.5, 0.6) is 5.75 Å². The van der Waals surface area contributed by atoms with Crippen molar-refractivity contribution in [2.45, 2.75) is 45.7 Å². The van der Waals surface area contributed by atoms with Gasteiger partial charge in [-0.3, -0.25) is 5.32 Å². The predicted molar refractivity (Wildman–Crippen MR) is 93.5 cm³/mol. The van der Waals surface area contributed by atoms with Gasteiger partial charge in [-0.25, -0.2) is 9.59 Å². The van der Waals surface area contributed by atoms with Gasteiger partial charge >= 0.3 is 12.1 Å². The maximum atomic E-state index is 11.7. The van der Waals surface area contributed by atoms with Gasteiger partial charge in [0.15, 0.2) is 6.10 Å². The Morgan fingerprint density at radius 1 is 1.20 bits per heavy atom. The van der Waals surface area contributed by atoms with E-state index < -0.39 is 30.1 Å². The molecule has 0 heterocycles. The SMILES string of the molecule is C=CC(=O)OC(C)C(OC)Oc1ccc(NC(=O)OC(C)(C)C)cc1. The summed E-state index contributed by atoms with van der Waals surface area (Å²) in [4.78, 5) is 23.0. The first-order valence-corrected chi connectivity index (χ1v) is 7.77. The number of carbonyl (C=O) groups excluding carboxylic acids is 2. The van der Waals surface area contributed by atoms with Crippen LogP contribution in [0, 0.1) is 0 Å². The Hall–Kier alpha value is -2.54. The topological polar surface area (TPSA) is 83.1 Å². The van der Waals surface area contributed by atoms with E-state index in [2.05, 4.69) is 11.9 Å². The Balaban J connectivity index is 2.64. The van der Waals surface area contributed by atoms with Crippen molar-refractivity contribution in [2.75, 3.05) is 12.4 Å². The largest absolute Gasteiger partial charge is 0.461 e. The second-order valence-electron chi connectivity index (χ2n) is 6.22. The third kappa shape index (κ3) is 7.71. The fourth-order valence-corrected chi connectivity index (χ4v) is 1.79. The number of carbonyl (C=O) groups is 2. The van der Waals surface area contributed by atoms with Gasteiger partial charge in [0.1, 0.15) is 11.4 Å². The molecule has 2 atom stereocenters. The van der Waals surface area contributed by atoms with Crippen LogP contribution in [0.4, 0.5) is 10.5 Å². The van der Waals surface area contributed by atoms with E-state index in [1.807, 2.05) is 0 Å². The summed E-state index contributed by atoms with van der Waals surface area (Å²) in [5.41, 5.74) is -0.0145. The van der Waals surface area contributed by atoms with E-state index in [1.165, 1.54) is 7.11 Å². The lowest BCUT2D eigenvalue weighted by atomic mass is 10.2. The summed E-state index contributed by atoms with van der Waals surface area (Å²) < 4.78 is 21.1. The van der Waals surface area contributed by atoms with Gasteiger partial charge in [0.05, 0.1) is 0 Å². The number of hydrogen-bond donors (Lipinski definition) is 1. The van der Waals surface area contributed by atoms with Crippen LogP contribution in [0.2, 0.25) is 0 Å². The van der Waals surface area contributed by atoms with Crippen molar-refractivity contribution in [3.8, 4) is 5.75 Å². The first kappa shape index (κ1) is 20.5. The average molecular weight is 351 g/mol. The molecule has 1 N–H and O–H groups in total. The molecule has 1 amide bonds. The average Bonchev–Trinajstić information content (AvgIpc) is 2.51. The molecule has 1 rings (SSSR count). The molecule has 7 heteroatoms. The van der Waals surface area contributed by atoms with E-state index in [1.54, 1.807) is 52.0 Å². The fourth-order valence-electron chi connectivity index (χ4n) is 1.79. The summed E-state index contributed by atoms with van der Waals surface area (Å²) >= 11 is 0. The van der Waals surface area contributed by atoms with Crippen LogP contribution < -0.4 is 10.1 Å². The summed E-state index contributed by atoms with van der Waals surface area (Å²) in [5.74, 6) is -0.0712. The molecule has 0 aliphatic rings. The molecule has 0 aliphatic carbocycles. The van der Waals surface area contributed by atoms with E-state index in [9.17, 15) is 9.59 Å². The molecule has 0 fully saturated rings. The minimum absolute atomic E-state index is 0.489. The van der Waals surface area contributed by atoms with Gasteiger partial charge in [0.2, 0.25) is 6.29 Å². The second kappa shape index (κ2) is 9.08. The van der Waals surface area contributed by atoms with E-state index in [0.717, 1.165) is 6.08 Å². The van der Waals surface area contributed by atoms with Gasteiger partial charge in [-0.05, 0) is 52.0 Å². The van der Waals surface area contributed by atoms with Gasteiger partial charge in [-0.1, -0.05) is 6.58 Å². The van der Waals surface area contributed by atoms with Crippen LogP contribution in [0.15, 0.2) is 36.9 Å². The molecule has 0 bridgehead atoms. The quantitative estimate of drug-likeness (QED) is 0.460. The monoisotopic (exact) mass is 351 g/mol. The van der Waals surface area contributed by atoms with E-state index >= 15 is 0 Å². The summed E-state index contributed by atoms with van der Waals surface area (Å²) in [5, 5.41) is 2.62. The molecule has 1 aromatic carbocycles. The maximum absolute atomic E-state index is 11.7. The molecular formula is C18H25NO6. The van der Waals surface area contributed by atoms with Crippen molar-refractivity contribution >= 4 is 17.7 Å². The van der Waals surface area contributed by atoms with Gasteiger partial charge in [-0.15, -0.1) is 0 Å². The number of nitrogens with one attached hydrogen (secondary N) is 1. The number of esters is 1. The molecule has 0 aromatic heterocycles. The van der Waals surface area contributed by atoms with Gasteiger partial charge < -0.3 is 18.9 Å². The van der Waals surface area contributed by atoms with Crippen molar-refractivity contribution in [3.63, 3.8) is 0 Å². The van der Waals surface area contributed by atoms with Crippen LogP contribution in [0.25, 0.3) is 0 Å². The summed E-state index contributed by atoms with van der Waals surface area (Å²) in [7, 11) is 1.45. The van der Waals surface area contributed by atoms with Gasteiger partial charge in [0.25, 0.3) is 0 Å². The van der Waals surface area contributed by atoms with Crippen LogP contribution in [0.3, 0.4) is 0 Å². The highest BCUT2D eigenvalue weighted by Crippen LogP contribution is 2.19. The van der Waals surface area contributed by atoms with Crippen molar-refractivity contribution in [2.24, 2.45) is 0 Å². The van der Waals surface area contributed by atoms with Crippen LogP contribution in [-0.4, -0.2) is 37.2 Å². The molecular weight excluding hydrogens is 326 g/mol. The molecule has 1 aromatic rings. The number of anilines is 1. The van der Waals surface area contributed by atoms with Crippen LogP contribution in [-0.2, 0) is 19.0 Å². The number of methoxy groups -OCH3 is 1. The van der Waals surface area contributed by atoms with Crippen LogP contribution in [0.1, 0.15) is 27.7 Å². The minimum atomic E-state index is -0.784. The summed E-state index contributed by atoms with van der Waals surface area (Å²) in [6.45, 7) is 10.3. The molecule has 0 aliphatic heterocycles. The van der Waals surface area contributed by atoms with E-state index in [-0.39, 0.29) is 0 Å². The van der Waals surface area contributed by atoms with E-state index in [4.69, 9.17) is 18.9 Å². The lowest BCUT2D eigenvalue weighted by molar-refractivity contribution is -0.167. The molecule has 0 radical (unpaired) electrons. The zero-order chi connectivity index (χ0) is 19.0.